The van der Waals surface area contributed by atoms with Crippen molar-refractivity contribution in [3.63, 3.8) is 0 Å². The van der Waals surface area contributed by atoms with Crippen molar-refractivity contribution in [2.45, 2.75) is 26.1 Å². The zero-order valence-electron chi connectivity index (χ0n) is 9.24. The molecule has 0 aliphatic heterocycles. The third-order valence-corrected chi connectivity index (χ3v) is 2.20. The van der Waals surface area contributed by atoms with E-state index in [1.165, 1.54) is 0 Å². The molecule has 4 nitrogen and oxygen atoms in total. The quantitative estimate of drug-likeness (QED) is 0.689. The first-order valence-corrected chi connectivity index (χ1v) is 5.09. The van der Waals surface area contributed by atoms with Crippen LogP contribution in [0.1, 0.15) is 12.6 Å². The molecule has 1 aromatic heterocycles. The van der Waals surface area contributed by atoms with Crippen molar-refractivity contribution in [3.05, 3.63) is 18.2 Å². The van der Waals surface area contributed by atoms with E-state index < -0.39 is 0 Å². The van der Waals surface area contributed by atoms with Gasteiger partial charge in [-0.1, -0.05) is 0 Å². The van der Waals surface area contributed by atoms with Gasteiger partial charge in [0.1, 0.15) is 12.9 Å². The Morgan fingerprint density at radius 2 is 2.47 bits per heavy atom. The molecular formula is C10H18FN3O. The number of rotatable bonds is 7. The first-order valence-electron chi connectivity index (χ1n) is 5.09. The number of imidazole rings is 1. The maximum Gasteiger partial charge on any atom is 0.107 e. The Morgan fingerprint density at radius 1 is 1.67 bits per heavy atom. The molecule has 1 heterocycles. The van der Waals surface area contributed by atoms with E-state index in [1.807, 2.05) is 13.1 Å². The van der Waals surface area contributed by atoms with Crippen LogP contribution in [0, 0.1) is 0 Å². The molecule has 0 aliphatic carbocycles. The van der Waals surface area contributed by atoms with E-state index in [4.69, 9.17) is 4.74 Å². The zero-order chi connectivity index (χ0) is 11.1. The van der Waals surface area contributed by atoms with Crippen LogP contribution in [0.15, 0.2) is 12.5 Å². The van der Waals surface area contributed by atoms with E-state index >= 15 is 0 Å². The lowest BCUT2D eigenvalue weighted by Gasteiger charge is -2.10. The van der Waals surface area contributed by atoms with Gasteiger partial charge in [-0.2, -0.15) is 0 Å². The molecule has 0 bridgehead atoms. The van der Waals surface area contributed by atoms with Gasteiger partial charge in [-0.05, 0) is 6.92 Å². The lowest BCUT2D eigenvalue weighted by atomic mass is 10.3. The lowest BCUT2D eigenvalue weighted by molar-refractivity contribution is 0.0900. The topological polar surface area (TPSA) is 39.1 Å². The van der Waals surface area contributed by atoms with E-state index in [1.54, 1.807) is 18.0 Å². The summed E-state index contributed by atoms with van der Waals surface area (Å²) in [6, 6.07) is 0. The summed E-state index contributed by atoms with van der Waals surface area (Å²) in [6.45, 7) is 2.78. The molecule has 15 heavy (non-hydrogen) atoms. The Balaban J connectivity index is 2.25. The van der Waals surface area contributed by atoms with Gasteiger partial charge in [0, 0.05) is 26.3 Å². The molecule has 1 atom stereocenters. The molecule has 0 amide bonds. The fourth-order valence-corrected chi connectivity index (χ4v) is 1.24. The van der Waals surface area contributed by atoms with Gasteiger partial charge in [0.05, 0.1) is 18.6 Å². The smallest absolute Gasteiger partial charge is 0.107 e. The van der Waals surface area contributed by atoms with Gasteiger partial charge >= 0.3 is 0 Å². The number of aryl methyl sites for hydroxylation is 1. The molecule has 0 fully saturated rings. The molecule has 0 aliphatic rings. The molecule has 0 spiro atoms. The minimum Gasteiger partial charge on any atom is -0.367 e. The normalized spacial score (nSPS) is 13.0. The highest BCUT2D eigenvalue weighted by Crippen LogP contribution is 1.97. The van der Waals surface area contributed by atoms with E-state index in [9.17, 15) is 4.39 Å². The fraction of sp³-hybridized carbons (Fsp3) is 0.700. The molecule has 1 N–H and O–H groups in total. The van der Waals surface area contributed by atoms with Crippen LogP contribution in [-0.2, 0) is 17.7 Å². The Kier molecular flexibility index (Phi) is 5.28. The van der Waals surface area contributed by atoms with Crippen LogP contribution in [0.3, 0.4) is 0 Å². The third-order valence-electron chi connectivity index (χ3n) is 2.20. The molecule has 0 saturated carbocycles. The maximum absolute atomic E-state index is 12.0. The SMILES string of the molecule is COC(C)NCCc1cn(CCF)cn1. The summed E-state index contributed by atoms with van der Waals surface area (Å²) in [5.74, 6) is 0. The van der Waals surface area contributed by atoms with Gasteiger partial charge in [0.15, 0.2) is 0 Å². The average molecular weight is 215 g/mol. The van der Waals surface area contributed by atoms with Gasteiger partial charge in [-0.15, -0.1) is 0 Å². The van der Waals surface area contributed by atoms with Crippen molar-refractivity contribution in [1.82, 2.24) is 14.9 Å². The monoisotopic (exact) mass is 215 g/mol. The Hall–Kier alpha value is -0.940. The van der Waals surface area contributed by atoms with Crippen molar-refractivity contribution in [2.24, 2.45) is 0 Å². The zero-order valence-corrected chi connectivity index (χ0v) is 9.24. The van der Waals surface area contributed by atoms with Crippen LogP contribution in [-0.4, -0.2) is 36.1 Å². The largest absolute Gasteiger partial charge is 0.367 e. The molecule has 0 aromatic carbocycles. The van der Waals surface area contributed by atoms with Crippen LogP contribution >= 0.6 is 0 Å². The number of ether oxygens (including phenoxy) is 1. The molecule has 1 aromatic rings. The summed E-state index contributed by atoms with van der Waals surface area (Å²) in [5.41, 5.74) is 0.972. The fourth-order valence-electron chi connectivity index (χ4n) is 1.24. The van der Waals surface area contributed by atoms with Crippen LogP contribution in [0.5, 0.6) is 0 Å². The first-order chi connectivity index (χ1) is 7.26. The highest BCUT2D eigenvalue weighted by atomic mass is 19.1. The number of nitrogens with one attached hydrogen (secondary N) is 1. The summed E-state index contributed by atoms with van der Waals surface area (Å²) in [7, 11) is 1.66. The molecule has 1 rings (SSSR count). The molecule has 86 valence electrons. The van der Waals surface area contributed by atoms with E-state index in [-0.39, 0.29) is 12.9 Å². The van der Waals surface area contributed by atoms with Crippen molar-refractivity contribution < 1.29 is 9.13 Å². The molecule has 0 saturated heterocycles. The second-order valence-corrected chi connectivity index (χ2v) is 3.37. The molecule has 5 heteroatoms. The maximum atomic E-state index is 12.0. The number of alkyl halides is 1. The highest BCUT2D eigenvalue weighted by Gasteiger charge is 2.00. The van der Waals surface area contributed by atoms with E-state index in [2.05, 4.69) is 10.3 Å². The van der Waals surface area contributed by atoms with Crippen molar-refractivity contribution in [1.29, 1.82) is 0 Å². The third kappa shape index (κ3) is 4.40. The van der Waals surface area contributed by atoms with Crippen LogP contribution < -0.4 is 5.32 Å². The van der Waals surface area contributed by atoms with Crippen LogP contribution in [0.2, 0.25) is 0 Å². The minimum absolute atomic E-state index is 0.0536. The van der Waals surface area contributed by atoms with E-state index in [0.717, 1.165) is 18.7 Å². The average Bonchev–Trinajstić information content (AvgIpc) is 2.66. The van der Waals surface area contributed by atoms with Crippen molar-refractivity contribution in [3.8, 4) is 0 Å². The second-order valence-electron chi connectivity index (χ2n) is 3.37. The standard InChI is InChI=1S/C10H18FN3O/c1-9(15-2)12-5-3-10-7-14(6-4-11)8-13-10/h7-9,12H,3-6H2,1-2H3. The van der Waals surface area contributed by atoms with Gasteiger partial charge in [-0.25, -0.2) is 9.37 Å². The first kappa shape index (κ1) is 12.1. The van der Waals surface area contributed by atoms with Gasteiger partial charge in [-0.3, -0.25) is 5.32 Å². The van der Waals surface area contributed by atoms with Crippen molar-refractivity contribution >= 4 is 0 Å². The minimum atomic E-state index is -0.352. The summed E-state index contributed by atoms with van der Waals surface area (Å²) >= 11 is 0. The van der Waals surface area contributed by atoms with Gasteiger partial charge in [0.2, 0.25) is 0 Å². The number of hydrogen-bond donors (Lipinski definition) is 1. The number of hydrogen-bond acceptors (Lipinski definition) is 3. The highest BCUT2D eigenvalue weighted by molar-refractivity contribution is 4.97. The lowest BCUT2D eigenvalue weighted by Crippen LogP contribution is -2.29. The Morgan fingerprint density at radius 3 is 3.13 bits per heavy atom. The van der Waals surface area contributed by atoms with E-state index in [0.29, 0.717) is 6.54 Å². The Labute approximate surface area is 89.5 Å². The number of methoxy groups -OCH3 is 1. The van der Waals surface area contributed by atoms with Gasteiger partial charge in [0.25, 0.3) is 0 Å². The summed E-state index contributed by atoms with van der Waals surface area (Å²) in [6.07, 6.45) is 4.42. The summed E-state index contributed by atoms with van der Waals surface area (Å²) in [4.78, 5) is 4.17. The van der Waals surface area contributed by atoms with Crippen molar-refractivity contribution in [2.75, 3.05) is 20.3 Å². The predicted molar refractivity (Wildman–Crippen MR) is 56.4 cm³/mol. The van der Waals surface area contributed by atoms with Crippen LogP contribution in [0.4, 0.5) is 4.39 Å². The predicted octanol–water partition coefficient (Wildman–Crippen LogP) is 0.977. The second kappa shape index (κ2) is 6.53. The number of aromatic nitrogens is 2. The molecule has 1 unspecified atom stereocenters. The summed E-state index contributed by atoms with van der Waals surface area (Å²) in [5, 5.41) is 3.18. The molecule has 0 radical (unpaired) electrons. The Bertz CT molecular complexity index is 277. The summed E-state index contributed by atoms with van der Waals surface area (Å²) < 4.78 is 18.8. The van der Waals surface area contributed by atoms with Gasteiger partial charge < -0.3 is 9.30 Å². The number of nitrogens with zero attached hydrogens (tertiary/aromatic N) is 2. The molecular weight excluding hydrogens is 197 g/mol. The number of halogens is 1. The van der Waals surface area contributed by atoms with Crippen LogP contribution in [0.25, 0.3) is 0 Å².